The first-order valence-corrected chi connectivity index (χ1v) is 6.70. The van der Waals surface area contributed by atoms with Gasteiger partial charge in [0.05, 0.1) is 11.6 Å². The maximum Gasteiger partial charge on any atom is 0.150 e. The zero-order chi connectivity index (χ0) is 12.8. The van der Waals surface area contributed by atoms with Crippen molar-refractivity contribution in [2.75, 3.05) is 23.9 Å². The Morgan fingerprint density at radius 1 is 1.41 bits per heavy atom. The van der Waals surface area contributed by atoms with Crippen molar-refractivity contribution >= 4 is 16.5 Å². The monoisotopic (exact) mass is 258 g/mol. The Hall–Kier alpha value is -1.48. The Labute approximate surface area is 101 Å². The van der Waals surface area contributed by atoms with Crippen molar-refractivity contribution in [1.82, 2.24) is 0 Å². The minimum absolute atomic E-state index is 0.0554. The summed E-state index contributed by atoms with van der Waals surface area (Å²) in [4.78, 5) is 0. The molecule has 3 nitrogen and oxygen atoms in total. The topological polar surface area (TPSA) is 52.9 Å². The molecule has 0 amide bonds. The molecule has 1 aromatic carbocycles. The average molecular weight is 258 g/mol. The molecule has 0 radical (unpaired) electrons. The van der Waals surface area contributed by atoms with Crippen molar-refractivity contribution in [2.45, 2.75) is 6.42 Å². The van der Waals surface area contributed by atoms with Crippen molar-refractivity contribution in [2.24, 2.45) is 0 Å². The van der Waals surface area contributed by atoms with Crippen LogP contribution in [0.15, 0.2) is 12.1 Å². The summed E-state index contributed by atoms with van der Waals surface area (Å²) in [6.07, 6.45) is 2.13. The highest BCUT2D eigenvalue weighted by Gasteiger charge is 2.10. The average Bonchev–Trinajstić information content (AvgIpc) is 2.26. The van der Waals surface area contributed by atoms with Crippen LogP contribution in [0.2, 0.25) is 0 Å². The zero-order valence-electron chi connectivity index (χ0n) is 9.30. The normalized spacial score (nSPS) is 11.9. The largest absolute Gasteiger partial charge is 0.380 e. The lowest BCUT2D eigenvalue weighted by Gasteiger charge is -2.08. The van der Waals surface area contributed by atoms with E-state index in [-0.39, 0.29) is 11.3 Å². The predicted octanol–water partition coefficient (Wildman–Crippen LogP) is 2.02. The van der Waals surface area contributed by atoms with Gasteiger partial charge in [-0.05, 0) is 18.6 Å². The quantitative estimate of drug-likeness (QED) is 0.822. The van der Waals surface area contributed by atoms with Gasteiger partial charge in [-0.3, -0.25) is 4.21 Å². The second-order valence-electron chi connectivity index (χ2n) is 3.48. The first-order valence-electron chi connectivity index (χ1n) is 4.97. The minimum Gasteiger partial charge on any atom is -0.380 e. The standard InChI is InChI=1S/C11H12F2N2OS/c1-17(16)4-2-3-15-11-9(12)5-8(7-14)6-10(11)13/h5-6,15H,2-4H2,1H3. The first kappa shape index (κ1) is 13.6. The number of benzene rings is 1. The fraction of sp³-hybridized carbons (Fsp3) is 0.364. The molecule has 0 aromatic heterocycles. The molecule has 0 saturated heterocycles. The van der Waals surface area contributed by atoms with E-state index in [1.165, 1.54) is 0 Å². The maximum absolute atomic E-state index is 13.4. The molecular formula is C11H12F2N2OS. The van der Waals surface area contributed by atoms with Gasteiger partial charge in [0, 0.05) is 29.4 Å². The molecule has 0 saturated carbocycles. The molecule has 1 N–H and O–H groups in total. The number of hydrogen-bond donors (Lipinski definition) is 1. The molecule has 0 bridgehead atoms. The Balaban J connectivity index is 2.66. The van der Waals surface area contributed by atoms with Gasteiger partial charge in [0.1, 0.15) is 5.69 Å². The number of hydrogen-bond acceptors (Lipinski definition) is 3. The van der Waals surface area contributed by atoms with Crippen molar-refractivity contribution in [1.29, 1.82) is 5.26 Å². The third-order valence-electron chi connectivity index (χ3n) is 2.08. The maximum atomic E-state index is 13.4. The van der Waals surface area contributed by atoms with E-state index in [2.05, 4.69) is 5.32 Å². The van der Waals surface area contributed by atoms with Gasteiger partial charge in [0.25, 0.3) is 0 Å². The van der Waals surface area contributed by atoms with Crippen LogP contribution in [0.4, 0.5) is 14.5 Å². The molecule has 0 heterocycles. The van der Waals surface area contributed by atoms with Crippen LogP contribution in [0.1, 0.15) is 12.0 Å². The number of halogens is 2. The summed E-state index contributed by atoms with van der Waals surface area (Å²) in [5.74, 6) is -1.11. The molecule has 0 aliphatic heterocycles. The second kappa shape index (κ2) is 6.30. The van der Waals surface area contributed by atoms with E-state index in [9.17, 15) is 13.0 Å². The highest BCUT2D eigenvalue weighted by atomic mass is 32.2. The molecule has 92 valence electrons. The van der Waals surface area contributed by atoms with Crippen LogP contribution < -0.4 is 5.32 Å². The summed E-state index contributed by atoms with van der Waals surface area (Å²) in [5, 5.41) is 11.1. The smallest absolute Gasteiger partial charge is 0.150 e. The highest BCUT2D eigenvalue weighted by molar-refractivity contribution is 7.84. The van der Waals surface area contributed by atoms with Gasteiger partial charge in [-0.1, -0.05) is 0 Å². The SMILES string of the molecule is CS(=O)CCCNc1c(F)cc(C#N)cc1F. The van der Waals surface area contributed by atoms with Gasteiger partial charge >= 0.3 is 0 Å². The lowest BCUT2D eigenvalue weighted by Crippen LogP contribution is -2.09. The molecule has 1 unspecified atom stereocenters. The number of rotatable bonds is 5. The molecule has 0 fully saturated rings. The van der Waals surface area contributed by atoms with Crippen LogP contribution in [0.3, 0.4) is 0 Å². The van der Waals surface area contributed by atoms with Crippen LogP contribution in [0, 0.1) is 23.0 Å². The van der Waals surface area contributed by atoms with Crippen LogP contribution in [-0.4, -0.2) is 22.8 Å². The summed E-state index contributed by atoms with van der Waals surface area (Å²) in [5.41, 5.74) is -0.300. The number of anilines is 1. The molecule has 0 aliphatic carbocycles. The predicted molar refractivity (Wildman–Crippen MR) is 63.1 cm³/mol. The van der Waals surface area contributed by atoms with Gasteiger partial charge in [-0.25, -0.2) is 8.78 Å². The summed E-state index contributed by atoms with van der Waals surface area (Å²) in [6, 6.07) is 3.62. The molecule has 0 aliphatic rings. The van der Waals surface area contributed by atoms with Crippen LogP contribution >= 0.6 is 0 Å². The lowest BCUT2D eigenvalue weighted by molar-refractivity contribution is 0.587. The van der Waals surface area contributed by atoms with Gasteiger partial charge in [-0.15, -0.1) is 0 Å². The Morgan fingerprint density at radius 2 is 2.00 bits per heavy atom. The second-order valence-corrected chi connectivity index (χ2v) is 5.04. The van der Waals surface area contributed by atoms with Crippen LogP contribution in [0.25, 0.3) is 0 Å². The lowest BCUT2D eigenvalue weighted by atomic mass is 10.2. The molecule has 1 aromatic rings. The van der Waals surface area contributed by atoms with Crippen LogP contribution in [-0.2, 0) is 10.8 Å². The fourth-order valence-corrected chi connectivity index (χ4v) is 1.85. The van der Waals surface area contributed by atoms with E-state index in [1.807, 2.05) is 0 Å². The molecule has 17 heavy (non-hydrogen) atoms. The Kier molecular flexibility index (Phi) is 5.04. The van der Waals surface area contributed by atoms with Crippen molar-refractivity contribution < 1.29 is 13.0 Å². The molecule has 1 rings (SSSR count). The van der Waals surface area contributed by atoms with E-state index >= 15 is 0 Å². The molecule has 0 spiro atoms. The van der Waals surface area contributed by atoms with Crippen LogP contribution in [0.5, 0.6) is 0 Å². The van der Waals surface area contributed by atoms with E-state index in [4.69, 9.17) is 5.26 Å². The third-order valence-corrected chi connectivity index (χ3v) is 2.95. The van der Waals surface area contributed by atoms with E-state index < -0.39 is 22.4 Å². The highest BCUT2D eigenvalue weighted by Crippen LogP contribution is 2.20. The van der Waals surface area contributed by atoms with E-state index in [0.717, 1.165) is 12.1 Å². The Morgan fingerprint density at radius 3 is 2.47 bits per heavy atom. The van der Waals surface area contributed by atoms with E-state index in [1.54, 1.807) is 12.3 Å². The summed E-state index contributed by atoms with van der Waals surface area (Å²) >= 11 is 0. The van der Waals surface area contributed by atoms with Crippen molar-refractivity contribution in [3.8, 4) is 6.07 Å². The number of nitriles is 1. The summed E-state index contributed by atoms with van der Waals surface area (Å²) in [7, 11) is -0.910. The molecular weight excluding hydrogens is 246 g/mol. The number of nitrogens with one attached hydrogen (secondary N) is 1. The third kappa shape index (κ3) is 4.11. The van der Waals surface area contributed by atoms with Gasteiger partial charge in [-0.2, -0.15) is 5.26 Å². The zero-order valence-corrected chi connectivity index (χ0v) is 10.1. The fourth-order valence-electron chi connectivity index (χ4n) is 1.30. The Bertz CT molecular complexity index is 448. The first-order chi connectivity index (χ1) is 8.04. The van der Waals surface area contributed by atoms with E-state index in [0.29, 0.717) is 18.7 Å². The minimum atomic E-state index is -0.910. The summed E-state index contributed by atoms with van der Waals surface area (Å²) < 4.78 is 37.5. The van der Waals surface area contributed by atoms with Crippen molar-refractivity contribution in [3.63, 3.8) is 0 Å². The molecule has 6 heteroatoms. The van der Waals surface area contributed by atoms with Gasteiger partial charge in [0.15, 0.2) is 11.6 Å². The number of nitrogens with zero attached hydrogens (tertiary/aromatic N) is 1. The van der Waals surface area contributed by atoms with Gasteiger partial charge < -0.3 is 5.32 Å². The summed E-state index contributed by atoms with van der Waals surface area (Å²) in [6.45, 7) is 0.333. The van der Waals surface area contributed by atoms with Gasteiger partial charge in [0.2, 0.25) is 0 Å². The molecule has 1 atom stereocenters. The van der Waals surface area contributed by atoms with Crippen molar-refractivity contribution in [3.05, 3.63) is 29.3 Å².